The quantitative estimate of drug-likeness (QED) is 0.809. The first-order valence-electron chi connectivity index (χ1n) is 6.73. The molecule has 96 valence electrons. The van der Waals surface area contributed by atoms with E-state index in [1.807, 2.05) is 13.0 Å². The van der Waals surface area contributed by atoms with Crippen molar-refractivity contribution in [1.82, 2.24) is 0 Å². The van der Waals surface area contributed by atoms with Gasteiger partial charge in [0.05, 0.1) is 23.8 Å². The minimum Gasteiger partial charge on any atom is -0.376 e. The largest absolute Gasteiger partial charge is 0.376 e. The molecule has 0 radical (unpaired) electrons. The van der Waals surface area contributed by atoms with Crippen molar-refractivity contribution in [2.75, 3.05) is 0 Å². The van der Waals surface area contributed by atoms with E-state index < -0.39 is 0 Å². The number of aryl methyl sites for hydroxylation is 1. The van der Waals surface area contributed by atoms with Crippen molar-refractivity contribution < 1.29 is 4.74 Å². The summed E-state index contributed by atoms with van der Waals surface area (Å²) in [6, 6.07) is 8.48. The van der Waals surface area contributed by atoms with Crippen LogP contribution in [0, 0.1) is 24.2 Å². The van der Waals surface area contributed by atoms with Crippen molar-refractivity contribution in [3.8, 4) is 6.07 Å². The van der Waals surface area contributed by atoms with Gasteiger partial charge in [0.25, 0.3) is 0 Å². The zero-order chi connectivity index (χ0) is 13.1. The van der Waals surface area contributed by atoms with Gasteiger partial charge in [0, 0.05) is 0 Å². The topological polar surface area (TPSA) is 33.0 Å². The highest BCUT2D eigenvalue weighted by Crippen LogP contribution is 2.33. The first-order valence-corrected chi connectivity index (χ1v) is 6.73. The predicted molar refractivity (Wildman–Crippen MR) is 72.3 cm³/mol. The summed E-state index contributed by atoms with van der Waals surface area (Å²) in [6.07, 6.45) is 4.19. The molecule has 0 aromatic heterocycles. The fraction of sp³-hybridized carbons (Fsp3) is 0.562. The Morgan fingerprint density at radius 2 is 2.11 bits per heavy atom. The molecule has 18 heavy (non-hydrogen) atoms. The Kier molecular flexibility index (Phi) is 4.04. The van der Waals surface area contributed by atoms with Crippen LogP contribution < -0.4 is 0 Å². The molecule has 0 heterocycles. The average Bonchev–Trinajstić information content (AvgIpc) is 2.28. The zero-order valence-electron chi connectivity index (χ0n) is 11.4. The lowest BCUT2D eigenvalue weighted by Gasteiger charge is -2.36. The summed E-state index contributed by atoms with van der Waals surface area (Å²) >= 11 is 0. The van der Waals surface area contributed by atoms with Crippen LogP contribution in [0.3, 0.4) is 0 Å². The van der Waals surface area contributed by atoms with Crippen LogP contribution in [0.15, 0.2) is 18.2 Å². The summed E-state index contributed by atoms with van der Waals surface area (Å²) in [5.41, 5.74) is 3.16. The van der Waals surface area contributed by atoms with E-state index in [1.54, 1.807) is 0 Å². The van der Waals surface area contributed by atoms with Gasteiger partial charge in [-0.2, -0.15) is 5.26 Å². The smallest absolute Gasteiger partial charge is 0.0994 e. The third-order valence-electron chi connectivity index (χ3n) is 3.60. The van der Waals surface area contributed by atoms with Crippen LogP contribution in [0.25, 0.3) is 0 Å². The molecule has 0 unspecified atom stereocenters. The molecule has 0 spiro atoms. The van der Waals surface area contributed by atoms with Gasteiger partial charge in [0.2, 0.25) is 0 Å². The Labute approximate surface area is 110 Å². The number of hydrogen-bond donors (Lipinski definition) is 0. The van der Waals surface area contributed by atoms with E-state index in [1.165, 1.54) is 5.56 Å². The lowest BCUT2D eigenvalue weighted by atomic mass is 9.78. The Balaban J connectivity index is 1.87. The second-order valence-electron chi connectivity index (χ2n) is 5.61. The molecule has 1 aliphatic rings. The van der Waals surface area contributed by atoms with E-state index in [4.69, 9.17) is 10.00 Å². The molecule has 1 fully saturated rings. The lowest BCUT2D eigenvalue weighted by Crippen LogP contribution is -2.34. The number of rotatable bonds is 4. The predicted octanol–water partition coefficient (Wildman–Crippen LogP) is 3.61. The van der Waals surface area contributed by atoms with Crippen molar-refractivity contribution in [1.29, 1.82) is 5.26 Å². The van der Waals surface area contributed by atoms with Gasteiger partial charge in [-0.15, -0.1) is 0 Å². The van der Waals surface area contributed by atoms with Crippen LogP contribution in [0.1, 0.15) is 43.4 Å². The summed E-state index contributed by atoms with van der Waals surface area (Å²) in [5, 5.41) is 9.02. The van der Waals surface area contributed by atoms with E-state index in [0.29, 0.717) is 12.2 Å². The van der Waals surface area contributed by atoms with Gasteiger partial charge in [-0.3, -0.25) is 0 Å². The second kappa shape index (κ2) is 5.54. The number of nitriles is 1. The monoisotopic (exact) mass is 243 g/mol. The van der Waals surface area contributed by atoms with Gasteiger partial charge in [0.15, 0.2) is 0 Å². The highest BCUT2D eigenvalue weighted by atomic mass is 16.5. The molecule has 0 bridgehead atoms. The number of hydrogen-bond acceptors (Lipinski definition) is 2. The first kappa shape index (κ1) is 13.1. The Hall–Kier alpha value is -1.33. The van der Waals surface area contributed by atoms with Gasteiger partial charge < -0.3 is 4.74 Å². The molecule has 0 N–H and O–H groups in total. The molecule has 2 rings (SSSR count). The van der Waals surface area contributed by atoms with E-state index in [9.17, 15) is 0 Å². The standard InChI is InChI=1S/C16H21NO/c1-11(2)18-16-8-14(9-16)6-13-5-4-12(3)15(7-13)10-17/h4-5,7,11,14,16H,6,8-9H2,1-3H3. The Morgan fingerprint density at radius 1 is 1.39 bits per heavy atom. The molecule has 1 aliphatic carbocycles. The molecule has 1 saturated carbocycles. The SMILES string of the molecule is Cc1ccc(CC2CC(OC(C)C)C2)cc1C#N. The van der Waals surface area contributed by atoms with Crippen LogP contribution in [-0.2, 0) is 11.2 Å². The van der Waals surface area contributed by atoms with Crippen molar-refractivity contribution in [3.63, 3.8) is 0 Å². The number of ether oxygens (including phenoxy) is 1. The molecule has 2 heteroatoms. The molecule has 0 aliphatic heterocycles. The van der Waals surface area contributed by atoms with Crippen molar-refractivity contribution in [2.24, 2.45) is 5.92 Å². The summed E-state index contributed by atoms with van der Waals surface area (Å²) in [4.78, 5) is 0. The van der Waals surface area contributed by atoms with Gasteiger partial charge in [0.1, 0.15) is 0 Å². The normalized spacial score (nSPS) is 22.6. The lowest BCUT2D eigenvalue weighted by molar-refractivity contribution is -0.0615. The molecule has 0 atom stereocenters. The fourth-order valence-corrected chi connectivity index (χ4v) is 2.59. The first-order chi connectivity index (χ1) is 8.58. The fourth-order valence-electron chi connectivity index (χ4n) is 2.59. The Bertz CT molecular complexity index is 453. The van der Waals surface area contributed by atoms with Crippen molar-refractivity contribution in [2.45, 2.75) is 52.2 Å². The van der Waals surface area contributed by atoms with E-state index in [-0.39, 0.29) is 0 Å². The minimum atomic E-state index is 0.334. The third-order valence-corrected chi connectivity index (χ3v) is 3.60. The van der Waals surface area contributed by atoms with Crippen LogP contribution in [0.5, 0.6) is 0 Å². The molecule has 0 saturated heterocycles. The number of nitrogens with zero attached hydrogens (tertiary/aromatic N) is 1. The summed E-state index contributed by atoms with van der Waals surface area (Å²) in [7, 11) is 0. The van der Waals surface area contributed by atoms with E-state index in [0.717, 1.165) is 36.3 Å². The molecular weight excluding hydrogens is 222 g/mol. The minimum absolute atomic E-state index is 0.334. The Morgan fingerprint density at radius 3 is 2.72 bits per heavy atom. The summed E-state index contributed by atoms with van der Waals surface area (Å²) in [6.45, 7) is 6.16. The summed E-state index contributed by atoms with van der Waals surface area (Å²) in [5.74, 6) is 0.725. The van der Waals surface area contributed by atoms with Gasteiger partial charge in [-0.1, -0.05) is 12.1 Å². The second-order valence-corrected chi connectivity index (χ2v) is 5.61. The van der Waals surface area contributed by atoms with Crippen LogP contribution in [-0.4, -0.2) is 12.2 Å². The van der Waals surface area contributed by atoms with Gasteiger partial charge >= 0.3 is 0 Å². The third kappa shape index (κ3) is 3.11. The van der Waals surface area contributed by atoms with Crippen LogP contribution >= 0.6 is 0 Å². The molecule has 0 amide bonds. The molecular formula is C16H21NO. The van der Waals surface area contributed by atoms with Crippen molar-refractivity contribution in [3.05, 3.63) is 34.9 Å². The highest BCUT2D eigenvalue weighted by molar-refractivity contribution is 5.40. The summed E-state index contributed by atoms with van der Waals surface area (Å²) < 4.78 is 5.77. The number of benzene rings is 1. The highest BCUT2D eigenvalue weighted by Gasteiger charge is 2.30. The molecule has 1 aromatic rings. The van der Waals surface area contributed by atoms with E-state index in [2.05, 4.69) is 32.0 Å². The zero-order valence-corrected chi connectivity index (χ0v) is 11.4. The van der Waals surface area contributed by atoms with Crippen LogP contribution in [0.2, 0.25) is 0 Å². The maximum Gasteiger partial charge on any atom is 0.0994 e. The van der Waals surface area contributed by atoms with Gasteiger partial charge in [-0.25, -0.2) is 0 Å². The van der Waals surface area contributed by atoms with Crippen molar-refractivity contribution >= 4 is 0 Å². The van der Waals surface area contributed by atoms with E-state index >= 15 is 0 Å². The maximum absolute atomic E-state index is 9.02. The average molecular weight is 243 g/mol. The molecule has 2 nitrogen and oxygen atoms in total. The van der Waals surface area contributed by atoms with Crippen LogP contribution in [0.4, 0.5) is 0 Å². The maximum atomic E-state index is 9.02. The van der Waals surface area contributed by atoms with Gasteiger partial charge in [-0.05, 0) is 63.1 Å². The molecule has 1 aromatic carbocycles.